The second-order valence-electron chi connectivity index (χ2n) is 16.2. The van der Waals surface area contributed by atoms with Gasteiger partial charge in [-0.25, -0.2) is 13.8 Å². The van der Waals surface area contributed by atoms with E-state index in [4.69, 9.17) is 0 Å². The van der Waals surface area contributed by atoms with Crippen LogP contribution >= 0.6 is 0 Å². The molecule has 2 saturated carbocycles. The number of ketones is 1. The SMILES string of the molecule is CCC[C@H](NC(=O)[C@@H]1C[C@@H](Cc2c(F)cccc2F)CN1C(=O)[C@@H](NC(=O)[C@@H](NC(=O)c1cnccn1)C1CCCCC1)C(C)(C)C)C(=O)C(=O)NC1CC1. The molecule has 0 bridgehead atoms. The van der Waals surface area contributed by atoms with Crippen molar-refractivity contribution >= 4 is 35.3 Å². The molecule has 1 aliphatic heterocycles. The molecule has 1 aromatic heterocycles. The van der Waals surface area contributed by atoms with E-state index in [0.717, 1.165) is 44.2 Å². The summed E-state index contributed by atoms with van der Waals surface area (Å²) in [6.07, 6.45) is 10.3. The number of carbonyl (C=O) groups excluding carboxylic acids is 6. The van der Waals surface area contributed by atoms with Gasteiger partial charge in [-0.05, 0) is 74.3 Å². The van der Waals surface area contributed by atoms with Gasteiger partial charge in [-0.2, -0.15) is 0 Å². The van der Waals surface area contributed by atoms with Crippen molar-refractivity contribution in [2.24, 2.45) is 17.3 Å². The Bertz CT molecular complexity index is 1710. The molecule has 15 heteroatoms. The third-order valence-electron chi connectivity index (χ3n) is 10.8. The molecule has 3 aliphatic rings. The maximum atomic E-state index is 14.8. The summed E-state index contributed by atoms with van der Waals surface area (Å²) in [5.74, 6) is -6.31. The molecule has 0 spiro atoms. The van der Waals surface area contributed by atoms with Crippen molar-refractivity contribution in [2.45, 2.75) is 129 Å². The summed E-state index contributed by atoms with van der Waals surface area (Å²) in [5.41, 5.74) is -1.05. The number of halogens is 2. The molecule has 5 atom stereocenters. The highest BCUT2D eigenvalue weighted by atomic mass is 19.1. The molecule has 2 heterocycles. The first-order valence-electron chi connectivity index (χ1n) is 19.4. The zero-order chi connectivity index (χ0) is 39.9. The number of benzene rings is 1. The van der Waals surface area contributed by atoms with E-state index >= 15 is 0 Å². The van der Waals surface area contributed by atoms with Crippen molar-refractivity contribution in [1.82, 2.24) is 36.1 Å². The lowest BCUT2D eigenvalue weighted by Crippen LogP contribution is -2.62. The fourth-order valence-corrected chi connectivity index (χ4v) is 7.59. The number of aromatic nitrogens is 2. The number of Topliss-reactive ketones (excluding diaryl/α,β-unsaturated/α-hetero) is 1. The first kappa shape index (κ1) is 41.3. The number of nitrogens with one attached hydrogen (secondary N) is 4. The number of hydrogen-bond donors (Lipinski definition) is 4. The van der Waals surface area contributed by atoms with Crippen molar-refractivity contribution in [3.63, 3.8) is 0 Å². The lowest BCUT2D eigenvalue weighted by atomic mass is 9.82. The Morgan fingerprint density at radius 3 is 2.22 bits per heavy atom. The molecular weight excluding hydrogens is 712 g/mol. The standard InChI is InChI=1S/C40H53F2N7O6/c1-5-10-29(33(50)38(54)45-25-15-16-25)46-36(52)31-20-23(19-26-27(41)13-9-14-28(26)42)22-49(31)39(55)34(40(2,3)4)48-37(53)32(24-11-7-6-8-12-24)47-35(51)30-21-43-17-18-44-30/h9,13-14,17-18,21,23-25,29,31-32,34H,5-8,10-12,15-16,19-20,22H2,1-4H3,(H,45,54)(H,46,52)(H,47,51)(H,48,53)/t23-,29+,31+,32+,34-/m1/s1. The van der Waals surface area contributed by atoms with Gasteiger partial charge in [0.25, 0.3) is 11.8 Å². The molecule has 0 unspecified atom stereocenters. The fraction of sp³-hybridized carbons (Fsp3) is 0.600. The van der Waals surface area contributed by atoms with E-state index in [1.165, 1.54) is 29.6 Å². The van der Waals surface area contributed by atoms with Gasteiger partial charge in [-0.1, -0.05) is 59.4 Å². The van der Waals surface area contributed by atoms with Crippen molar-refractivity contribution < 1.29 is 37.5 Å². The molecule has 0 radical (unpaired) electrons. The normalized spacial score (nSPS) is 20.5. The first-order valence-corrected chi connectivity index (χ1v) is 19.4. The second-order valence-corrected chi connectivity index (χ2v) is 16.2. The number of nitrogens with zero attached hydrogens (tertiary/aromatic N) is 3. The van der Waals surface area contributed by atoms with Crippen LogP contribution in [0.3, 0.4) is 0 Å². The van der Waals surface area contributed by atoms with E-state index in [2.05, 4.69) is 31.2 Å². The van der Waals surface area contributed by atoms with Crippen LogP contribution in [0.5, 0.6) is 0 Å². The lowest BCUT2D eigenvalue weighted by molar-refractivity contribution is -0.145. The highest BCUT2D eigenvalue weighted by Gasteiger charge is 2.47. The van der Waals surface area contributed by atoms with Crippen molar-refractivity contribution in [3.05, 3.63) is 59.7 Å². The third kappa shape index (κ3) is 10.7. The maximum Gasteiger partial charge on any atom is 0.289 e. The highest BCUT2D eigenvalue weighted by molar-refractivity contribution is 6.38. The van der Waals surface area contributed by atoms with Crippen LogP contribution in [0.1, 0.15) is 108 Å². The number of hydrogen-bond acceptors (Lipinski definition) is 8. The zero-order valence-corrected chi connectivity index (χ0v) is 32.0. The molecular formula is C40H53F2N7O6. The molecule has 2 aliphatic carbocycles. The smallest absolute Gasteiger partial charge is 0.289 e. The van der Waals surface area contributed by atoms with Gasteiger partial charge in [0.05, 0.1) is 12.2 Å². The summed E-state index contributed by atoms with van der Waals surface area (Å²) in [4.78, 5) is 91.6. The van der Waals surface area contributed by atoms with E-state index < -0.39 is 82.5 Å². The van der Waals surface area contributed by atoms with Gasteiger partial charge in [0.1, 0.15) is 35.5 Å². The predicted octanol–water partition coefficient (Wildman–Crippen LogP) is 3.56. The van der Waals surface area contributed by atoms with Gasteiger partial charge >= 0.3 is 0 Å². The third-order valence-corrected chi connectivity index (χ3v) is 10.8. The Morgan fingerprint density at radius 1 is 0.927 bits per heavy atom. The monoisotopic (exact) mass is 765 g/mol. The zero-order valence-electron chi connectivity index (χ0n) is 32.0. The van der Waals surface area contributed by atoms with Gasteiger partial charge in [-0.3, -0.25) is 33.8 Å². The first-order chi connectivity index (χ1) is 26.2. The minimum Gasteiger partial charge on any atom is -0.347 e. The Balaban J connectivity index is 1.41. The number of amides is 5. The second kappa shape index (κ2) is 18.2. The molecule has 55 heavy (non-hydrogen) atoms. The van der Waals surface area contributed by atoms with Gasteiger partial charge < -0.3 is 26.2 Å². The minimum atomic E-state index is -1.20. The van der Waals surface area contributed by atoms with Crippen molar-refractivity contribution in [2.75, 3.05) is 6.54 Å². The summed E-state index contributed by atoms with van der Waals surface area (Å²) >= 11 is 0. The molecule has 1 saturated heterocycles. The predicted molar refractivity (Wildman–Crippen MR) is 198 cm³/mol. The summed E-state index contributed by atoms with van der Waals surface area (Å²) in [6.45, 7) is 7.01. The average molecular weight is 766 g/mol. The van der Waals surface area contributed by atoms with Crippen LogP contribution in [0.2, 0.25) is 0 Å². The van der Waals surface area contributed by atoms with Crippen LogP contribution < -0.4 is 21.3 Å². The number of carbonyl (C=O) groups is 6. The Kier molecular flexibility index (Phi) is 13.7. The molecule has 4 N–H and O–H groups in total. The van der Waals surface area contributed by atoms with Gasteiger partial charge in [0.2, 0.25) is 23.5 Å². The van der Waals surface area contributed by atoms with Crippen molar-refractivity contribution in [3.8, 4) is 0 Å². The van der Waals surface area contributed by atoms with Gasteiger partial charge in [-0.15, -0.1) is 0 Å². The summed E-state index contributed by atoms with van der Waals surface area (Å²) in [6, 6.07) is -1.05. The Hall–Kier alpha value is -4.82. The summed E-state index contributed by atoms with van der Waals surface area (Å²) in [5, 5.41) is 11.1. The van der Waals surface area contributed by atoms with E-state index in [1.54, 1.807) is 20.8 Å². The van der Waals surface area contributed by atoms with Crippen LogP contribution in [-0.4, -0.2) is 86.9 Å². The average Bonchev–Trinajstić information content (AvgIpc) is 3.88. The van der Waals surface area contributed by atoms with E-state index in [1.807, 2.05) is 6.92 Å². The quantitative estimate of drug-likeness (QED) is 0.199. The van der Waals surface area contributed by atoms with E-state index in [-0.39, 0.29) is 49.0 Å². The largest absolute Gasteiger partial charge is 0.347 e. The Morgan fingerprint density at radius 2 is 1.62 bits per heavy atom. The number of rotatable bonds is 15. The molecule has 1 aromatic carbocycles. The molecule has 5 amide bonds. The lowest BCUT2D eigenvalue weighted by Gasteiger charge is -2.37. The maximum absolute atomic E-state index is 14.8. The summed E-state index contributed by atoms with van der Waals surface area (Å²) < 4.78 is 29.7. The summed E-state index contributed by atoms with van der Waals surface area (Å²) in [7, 11) is 0. The molecule has 13 nitrogen and oxygen atoms in total. The van der Waals surface area contributed by atoms with Crippen LogP contribution in [0.4, 0.5) is 8.78 Å². The molecule has 2 aromatic rings. The van der Waals surface area contributed by atoms with E-state index in [0.29, 0.717) is 19.3 Å². The fourth-order valence-electron chi connectivity index (χ4n) is 7.59. The van der Waals surface area contributed by atoms with Crippen LogP contribution in [0.25, 0.3) is 0 Å². The highest BCUT2D eigenvalue weighted by Crippen LogP contribution is 2.33. The van der Waals surface area contributed by atoms with Crippen LogP contribution in [-0.2, 0) is 30.4 Å². The topological polar surface area (TPSA) is 180 Å². The van der Waals surface area contributed by atoms with E-state index in [9.17, 15) is 37.5 Å². The van der Waals surface area contributed by atoms with Crippen LogP contribution in [0.15, 0.2) is 36.8 Å². The van der Waals surface area contributed by atoms with Crippen molar-refractivity contribution in [1.29, 1.82) is 0 Å². The molecule has 298 valence electrons. The van der Waals surface area contributed by atoms with Gasteiger partial charge in [0.15, 0.2) is 0 Å². The van der Waals surface area contributed by atoms with Gasteiger partial charge in [0, 0.05) is 30.5 Å². The molecule has 3 fully saturated rings. The molecule has 5 rings (SSSR count). The number of likely N-dealkylation sites (tertiary alicyclic amines) is 1. The Labute approximate surface area is 320 Å². The minimum absolute atomic E-state index is 0.0102. The van der Waals surface area contributed by atoms with Crippen LogP contribution in [0, 0.1) is 28.9 Å².